The highest BCUT2D eigenvalue weighted by Crippen LogP contribution is 2.06. The number of halogens is 1. The minimum atomic E-state index is -0.0580. The van der Waals surface area contributed by atoms with Gasteiger partial charge >= 0.3 is 0 Å². The van der Waals surface area contributed by atoms with Crippen LogP contribution in [0.15, 0.2) is 24.4 Å². The Bertz CT molecular complexity index is 314. The van der Waals surface area contributed by atoms with Gasteiger partial charge in [-0.1, -0.05) is 6.07 Å². The van der Waals surface area contributed by atoms with Gasteiger partial charge in [0.25, 0.3) is 0 Å². The first kappa shape index (κ1) is 12.0. The summed E-state index contributed by atoms with van der Waals surface area (Å²) in [6, 6.07) is 5.80. The number of carbonyl (C=O) groups is 1. The number of pyridine rings is 1. The molecule has 0 radical (unpaired) electrons. The molecule has 82 valence electrons. The van der Waals surface area contributed by atoms with E-state index in [0.29, 0.717) is 6.54 Å². The van der Waals surface area contributed by atoms with Gasteiger partial charge in [-0.3, -0.25) is 9.78 Å². The van der Waals surface area contributed by atoms with Crippen molar-refractivity contribution < 1.29 is 4.79 Å². The number of carbonyl (C=O) groups excluding carboxylic acids is 1. The summed E-state index contributed by atoms with van der Waals surface area (Å²) >= 11 is 5.55. The lowest BCUT2D eigenvalue weighted by atomic mass is 10.2. The van der Waals surface area contributed by atoms with Crippen molar-refractivity contribution in [1.82, 2.24) is 9.88 Å². The van der Waals surface area contributed by atoms with Crippen LogP contribution in [0.2, 0.25) is 0 Å². The minimum Gasteiger partial charge on any atom is -0.333 e. The number of aromatic nitrogens is 1. The summed E-state index contributed by atoms with van der Waals surface area (Å²) in [7, 11) is 0. The summed E-state index contributed by atoms with van der Waals surface area (Å²) in [5.41, 5.74) is 0.879. The van der Waals surface area contributed by atoms with Gasteiger partial charge in [0.1, 0.15) is 5.88 Å². The summed E-state index contributed by atoms with van der Waals surface area (Å²) in [6.07, 6.45) is 1.72. The summed E-state index contributed by atoms with van der Waals surface area (Å²) in [4.78, 5) is 17.4. The predicted octanol–water partition coefficient (Wildman–Crippen LogP) is 2.06. The maximum Gasteiger partial charge on any atom is 0.238 e. The highest BCUT2D eigenvalue weighted by molar-refractivity contribution is 6.27. The molecule has 1 heterocycles. The Labute approximate surface area is 95.1 Å². The average Bonchev–Trinajstić information content (AvgIpc) is 2.26. The fourth-order valence-electron chi connectivity index (χ4n) is 1.30. The SMILES string of the molecule is CC(C)N(Cc1ccccn1)C(=O)CCl. The maximum atomic E-state index is 11.5. The van der Waals surface area contributed by atoms with Crippen LogP contribution in [0.3, 0.4) is 0 Å². The maximum absolute atomic E-state index is 11.5. The Morgan fingerprint density at radius 1 is 1.53 bits per heavy atom. The first-order valence-corrected chi connectivity index (χ1v) is 5.44. The molecule has 15 heavy (non-hydrogen) atoms. The molecule has 0 aromatic carbocycles. The average molecular weight is 227 g/mol. The molecule has 0 N–H and O–H groups in total. The molecule has 1 amide bonds. The van der Waals surface area contributed by atoms with Crippen LogP contribution in [0.4, 0.5) is 0 Å². The molecule has 0 saturated carbocycles. The molecule has 0 aliphatic rings. The zero-order chi connectivity index (χ0) is 11.3. The van der Waals surface area contributed by atoms with Crippen LogP contribution in [0.1, 0.15) is 19.5 Å². The summed E-state index contributed by atoms with van der Waals surface area (Å²) in [5, 5.41) is 0. The Balaban J connectivity index is 2.72. The van der Waals surface area contributed by atoms with Crippen LogP contribution in [0, 0.1) is 0 Å². The van der Waals surface area contributed by atoms with Gasteiger partial charge in [-0.2, -0.15) is 0 Å². The van der Waals surface area contributed by atoms with E-state index in [0.717, 1.165) is 5.69 Å². The summed E-state index contributed by atoms with van der Waals surface area (Å²) in [5.74, 6) is -0.0392. The minimum absolute atomic E-state index is 0.0189. The van der Waals surface area contributed by atoms with E-state index in [1.165, 1.54) is 0 Å². The van der Waals surface area contributed by atoms with Gasteiger partial charge in [-0.25, -0.2) is 0 Å². The topological polar surface area (TPSA) is 33.2 Å². The molecule has 3 nitrogen and oxygen atoms in total. The number of alkyl halides is 1. The van der Waals surface area contributed by atoms with E-state index in [-0.39, 0.29) is 17.8 Å². The van der Waals surface area contributed by atoms with Crippen LogP contribution >= 0.6 is 11.6 Å². The molecular weight excluding hydrogens is 212 g/mol. The van der Waals surface area contributed by atoms with Gasteiger partial charge in [0, 0.05) is 12.2 Å². The molecule has 1 aromatic heterocycles. The molecule has 1 aromatic rings. The monoisotopic (exact) mass is 226 g/mol. The smallest absolute Gasteiger partial charge is 0.238 e. The van der Waals surface area contributed by atoms with Gasteiger partial charge in [0.05, 0.1) is 12.2 Å². The quantitative estimate of drug-likeness (QED) is 0.737. The van der Waals surface area contributed by atoms with Gasteiger partial charge in [-0.05, 0) is 26.0 Å². The molecule has 0 fully saturated rings. The fourth-order valence-corrected chi connectivity index (χ4v) is 1.46. The lowest BCUT2D eigenvalue weighted by Gasteiger charge is -2.25. The van der Waals surface area contributed by atoms with Crippen molar-refractivity contribution in [3.8, 4) is 0 Å². The molecule has 0 saturated heterocycles. The Morgan fingerprint density at radius 3 is 2.73 bits per heavy atom. The molecule has 0 aliphatic heterocycles. The number of hydrogen-bond donors (Lipinski definition) is 0. The third-order valence-electron chi connectivity index (χ3n) is 2.12. The van der Waals surface area contributed by atoms with E-state index < -0.39 is 0 Å². The number of hydrogen-bond acceptors (Lipinski definition) is 2. The predicted molar refractivity (Wildman–Crippen MR) is 60.6 cm³/mol. The number of amides is 1. The van der Waals surface area contributed by atoms with Crippen LogP contribution < -0.4 is 0 Å². The largest absolute Gasteiger partial charge is 0.333 e. The molecule has 0 unspecified atom stereocenters. The third-order valence-corrected chi connectivity index (χ3v) is 2.35. The number of rotatable bonds is 4. The highest BCUT2D eigenvalue weighted by atomic mass is 35.5. The van der Waals surface area contributed by atoms with Gasteiger partial charge in [-0.15, -0.1) is 11.6 Å². The summed E-state index contributed by atoms with van der Waals surface area (Å²) in [6.45, 7) is 4.45. The summed E-state index contributed by atoms with van der Waals surface area (Å²) < 4.78 is 0. The second-order valence-electron chi connectivity index (χ2n) is 3.57. The van der Waals surface area contributed by atoms with E-state index in [2.05, 4.69) is 4.98 Å². The van der Waals surface area contributed by atoms with E-state index in [9.17, 15) is 4.79 Å². The van der Waals surface area contributed by atoms with Crippen molar-refractivity contribution in [2.45, 2.75) is 26.4 Å². The fraction of sp³-hybridized carbons (Fsp3) is 0.455. The zero-order valence-corrected chi connectivity index (χ0v) is 9.74. The van der Waals surface area contributed by atoms with Crippen LogP contribution in [0.25, 0.3) is 0 Å². The lowest BCUT2D eigenvalue weighted by molar-refractivity contribution is -0.130. The van der Waals surface area contributed by atoms with E-state index >= 15 is 0 Å². The van der Waals surface area contributed by atoms with Crippen molar-refractivity contribution in [2.75, 3.05) is 5.88 Å². The molecule has 0 atom stereocenters. The van der Waals surface area contributed by atoms with Crippen LogP contribution in [-0.4, -0.2) is 27.7 Å². The highest BCUT2D eigenvalue weighted by Gasteiger charge is 2.16. The van der Waals surface area contributed by atoms with Gasteiger partial charge in [0.15, 0.2) is 0 Å². The molecule has 4 heteroatoms. The van der Waals surface area contributed by atoms with Crippen molar-refractivity contribution in [2.24, 2.45) is 0 Å². The van der Waals surface area contributed by atoms with Crippen molar-refractivity contribution in [3.05, 3.63) is 30.1 Å². The van der Waals surface area contributed by atoms with Crippen LogP contribution in [0.5, 0.6) is 0 Å². The van der Waals surface area contributed by atoms with Crippen LogP contribution in [-0.2, 0) is 11.3 Å². The third kappa shape index (κ3) is 3.51. The standard InChI is InChI=1S/C11H15ClN2O/c1-9(2)14(11(15)7-12)8-10-5-3-4-6-13-10/h3-6,9H,7-8H2,1-2H3. The van der Waals surface area contributed by atoms with E-state index in [4.69, 9.17) is 11.6 Å². The van der Waals surface area contributed by atoms with E-state index in [1.807, 2.05) is 32.0 Å². The first-order chi connectivity index (χ1) is 7.15. The Kier molecular flexibility index (Phi) is 4.56. The van der Waals surface area contributed by atoms with Gasteiger partial charge in [0.2, 0.25) is 5.91 Å². The molecule has 0 bridgehead atoms. The second kappa shape index (κ2) is 5.71. The van der Waals surface area contributed by atoms with E-state index in [1.54, 1.807) is 11.1 Å². The second-order valence-corrected chi connectivity index (χ2v) is 3.84. The van der Waals surface area contributed by atoms with Crippen molar-refractivity contribution in [3.63, 3.8) is 0 Å². The normalized spacial score (nSPS) is 10.4. The molecule has 0 aliphatic carbocycles. The number of nitrogens with zero attached hydrogens (tertiary/aromatic N) is 2. The Morgan fingerprint density at radius 2 is 2.27 bits per heavy atom. The van der Waals surface area contributed by atoms with Gasteiger partial charge < -0.3 is 4.90 Å². The Hall–Kier alpha value is -1.09. The van der Waals surface area contributed by atoms with Crippen molar-refractivity contribution >= 4 is 17.5 Å². The molecular formula is C11H15ClN2O. The molecule has 1 rings (SSSR count). The lowest BCUT2D eigenvalue weighted by Crippen LogP contribution is -2.37. The first-order valence-electron chi connectivity index (χ1n) is 4.90. The van der Waals surface area contributed by atoms with Crippen molar-refractivity contribution in [1.29, 1.82) is 0 Å². The molecule has 0 spiro atoms. The zero-order valence-electron chi connectivity index (χ0n) is 8.98.